The summed E-state index contributed by atoms with van der Waals surface area (Å²) in [7, 11) is 1.83. The third-order valence-electron chi connectivity index (χ3n) is 3.21. The second-order valence-corrected chi connectivity index (χ2v) is 5.95. The van der Waals surface area contributed by atoms with Crippen LogP contribution in [0.5, 0.6) is 0 Å². The number of thioether (sulfide) groups is 1. The van der Waals surface area contributed by atoms with Crippen LogP contribution in [0.15, 0.2) is 29.4 Å². The largest absolute Gasteiger partial charge is 0.353 e. The molecular weight excluding hydrogens is 291 g/mol. The fourth-order valence-corrected chi connectivity index (χ4v) is 2.64. The number of hydrogen-bond acceptors (Lipinski definition) is 4. The van der Waals surface area contributed by atoms with Crippen molar-refractivity contribution in [3.05, 3.63) is 30.1 Å². The first kappa shape index (κ1) is 14.1. The molecule has 7 heteroatoms. The lowest BCUT2D eigenvalue weighted by atomic mass is 10.2. The van der Waals surface area contributed by atoms with E-state index in [-0.39, 0.29) is 11.7 Å². The first-order valence-electron chi connectivity index (χ1n) is 6.71. The monoisotopic (exact) mass is 306 g/mol. The van der Waals surface area contributed by atoms with Crippen molar-refractivity contribution >= 4 is 17.7 Å². The first-order valence-corrected chi connectivity index (χ1v) is 7.69. The van der Waals surface area contributed by atoms with Crippen LogP contribution in [0.25, 0.3) is 11.4 Å². The third kappa shape index (κ3) is 3.41. The molecule has 3 rings (SSSR count). The summed E-state index contributed by atoms with van der Waals surface area (Å²) in [6.07, 6.45) is 2.16. The van der Waals surface area contributed by atoms with E-state index in [1.807, 2.05) is 11.6 Å². The quantitative estimate of drug-likeness (QED) is 0.858. The van der Waals surface area contributed by atoms with E-state index in [2.05, 4.69) is 15.5 Å². The zero-order chi connectivity index (χ0) is 14.8. The summed E-state index contributed by atoms with van der Waals surface area (Å²) < 4.78 is 14.7. The van der Waals surface area contributed by atoms with E-state index in [9.17, 15) is 9.18 Å². The number of halogens is 1. The minimum Gasteiger partial charge on any atom is -0.353 e. The lowest BCUT2D eigenvalue weighted by Gasteiger charge is -2.04. The summed E-state index contributed by atoms with van der Waals surface area (Å²) in [5.41, 5.74) is 0.792. The molecule has 1 heterocycles. The Morgan fingerprint density at radius 1 is 1.38 bits per heavy atom. The molecule has 0 aliphatic heterocycles. The first-order chi connectivity index (χ1) is 10.1. The molecule has 2 aromatic rings. The molecular formula is C14H15FN4OS. The van der Waals surface area contributed by atoms with Crippen molar-refractivity contribution in [2.75, 3.05) is 5.75 Å². The molecule has 0 bridgehead atoms. The Labute approximate surface area is 125 Å². The molecule has 1 aliphatic carbocycles. The molecule has 1 aromatic heterocycles. The number of aromatic nitrogens is 3. The van der Waals surface area contributed by atoms with Gasteiger partial charge in [0.25, 0.3) is 0 Å². The van der Waals surface area contributed by atoms with Crippen molar-refractivity contribution < 1.29 is 9.18 Å². The highest BCUT2D eigenvalue weighted by Gasteiger charge is 2.23. The molecule has 1 amide bonds. The van der Waals surface area contributed by atoms with Crippen molar-refractivity contribution in [2.24, 2.45) is 7.05 Å². The van der Waals surface area contributed by atoms with Gasteiger partial charge in [0.15, 0.2) is 11.0 Å². The maximum atomic E-state index is 12.9. The molecule has 1 aliphatic rings. The van der Waals surface area contributed by atoms with Gasteiger partial charge in [0.2, 0.25) is 5.91 Å². The molecule has 1 aromatic carbocycles. The molecule has 0 unspecified atom stereocenters. The van der Waals surface area contributed by atoms with Gasteiger partial charge in [-0.05, 0) is 37.1 Å². The number of benzene rings is 1. The Kier molecular flexibility index (Phi) is 3.92. The second-order valence-electron chi connectivity index (χ2n) is 5.00. The van der Waals surface area contributed by atoms with Crippen LogP contribution in [0.2, 0.25) is 0 Å². The molecule has 1 fully saturated rings. The second kappa shape index (κ2) is 5.85. The van der Waals surface area contributed by atoms with Crippen LogP contribution < -0.4 is 5.32 Å². The smallest absolute Gasteiger partial charge is 0.230 e. The Balaban J connectivity index is 1.67. The van der Waals surface area contributed by atoms with Crippen LogP contribution in [0.3, 0.4) is 0 Å². The molecule has 1 saturated carbocycles. The van der Waals surface area contributed by atoms with Gasteiger partial charge in [-0.3, -0.25) is 4.79 Å². The maximum absolute atomic E-state index is 12.9. The number of amides is 1. The Bertz CT molecular complexity index is 651. The number of rotatable bonds is 5. The highest BCUT2D eigenvalue weighted by Crippen LogP contribution is 2.23. The van der Waals surface area contributed by atoms with E-state index >= 15 is 0 Å². The number of carbonyl (C=O) groups is 1. The number of hydrogen-bond donors (Lipinski definition) is 1. The Morgan fingerprint density at radius 2 is 2.10 bits per heavy atom. The summed E-state index contributed by atoms with van der Waals surface area (Å²) in [5.74, 6) is 0.715. The van der Waals surface area contributed by atoms with E-state index in [4.69, 9.17) is 0 Å². The fraction of sp³-hybridized carbons (Fsp3) is 0.357. The van der Waals surface area contributed by atoms with Crippen molar-refractivity contribution in [1.82, 2.24) is 20.1 Å². The average Bonchev–Trinajstić information content (AvgIpc) is 3.20. The molecule has 1 N–H and O–H groups in total. The summed E-state index contributed by atoms with van der Waals surface area (Å²) in [6.45, 7) is 0. The maximum Gasteiger partial charge on any atom is 0.230 e. The van der Waals surface area contributed by atoms with Crippen LogP contribution in [-0.4, -0.2) is 32.5 Å². The molecule has 21 heavy (non-hydrogen) atoms. The number of nitrogens with one attached hydrogen (secondary N) is 1. The predicted molar refractivity (Wildman–Crippen MR) is 78.3 cm³/mol. The number of nitrogens with zero attached hydrogens (tertiary/aromatic N) is 3. The zero-order valence-corrected chi connectivity index (χ0v) is 12.4. The molecule has 0 spiro atoms. The van der Waals surface area contributed by atoms with Crippen LogP contribution in [0.1, 0.15) is 12.8 Å². The van der Waals surface area contributed by atoms with Gasteiger partial charge < -0.3 is 9.88 Å². The summed E-state index contributed by atoms with van der Waals surface area (Å²) in [6, 6.07) is 6.47. The van der Waals surface area contributed by atoms with Crippen molar-refractivity contribution in [3.63, 3.8) is 0 Å². The van der Waals surface area contributed by atoms with Gasteiger partial charge in [-0.25, -0.2) is 4.39 Å². The molecule has 5 nitrogen and oxygen atoms in total. The normalized spacial score (nSPS) is 14.2. The van der Waals surface area contributed by atoms with Gasteiger partial charge in [-0.15, -0.1) is 10.2 Å². The Morgan fingerprint density at radius 3 is 2.76 bits per heavy atom. The van der Waals surface area contributed by atoms with Crippen LogP contribution in [0, 0.1) is 5.82 Å². The lowest BCUT2D eigenvalue weighted by Crippen LogP contribution is -2.27. The number of carbonyl (C=O) groups excluding carboxylic acids is 1. The van der Waals surface area contributed by atoms with Gasteiger partial charge >= 0.3 is 0 Å². The van der Waals surface area contributed by atoms with Gasteiger partial charge in [-0.1, -0.05) is 11.8 Å². The highest BCUT2D eigenvalue weighted by molar-refractivity contribution is 7.99. The van der Waals surface area contributed by atoms with Crippen LogP contribution >= 0.6 is 11.8 Å². The summed E-state index contributed by atoms with van der Waals surface area (Å²) >= 11 is 1.35. The van der Waals surface area contributed by atoms with Gasteiger partial charge in [0, 0.05) is 18.7 Å². The van der Waals surface area contributed by atoms with E-state index in [0.29, 0.717) is 22.8 Å². The standard InChI is InChI=1S/C14H15FN4OS/c1-19-13(9-2-4-10(15)5-3-9)17-18-14(19)21-8-12(20)16-11-6-7-11/h2-5,11H,6-8H2,1H3,(H,16,20). The van der Waals surface area contributed by atoms with Gasteiger partial charge in [0.1, 0.15) is 5.82 Å². The van der Waals surface area contributed by atoms with Gasteiger partial charge in [0.05, 0.1) is 5.75 Å². The molecule has 110 valence electrons. The SMILES string of the molecule is Cn1c(SCC(=O)NC2CC2)nnc1-c1ccc(F)cc1. The van der Waals surface area contributed by atoms with Gasteiger partial charge in [-0.2, -0.15) is 0 Å². The minimum atomic E-state index is -0.285. The minimum absolute atomic E-state index is 0.0221. The van der Waals surface area contributed by atoms with E-state index < -0.39 is 0 Å². The van der Waals surface area contributed by atoms with Crippen molar-refractivity contribution in [2.45, 2.75) is 24.0 Å². The van der Waals surface area contributed by atoms with Crippen molar-refractivity contribution in [1.29, 1.82) is 0 Å². The highest BCUT2D eigenvalue weighted by atomic mass is 32.2. The summed E-state index contributed by atoms with van der Waals surface area (Å²) in [4.78, 5) is 11.7. The topological polar surface area (TPSA) is 59.8 Å². The van der Waals surface area contributed by atoms with Crippen LogP contribution in [-0.2, 0) is 11.8 Å². The molecule has 0 radical (unpaired) electrons. The van der Waals surface area contributed by atoms with Crippen LogP contribution in [0.4, 0.5) is 4.39 Å². The molecule has 0 saturated heterocycles. The third-order valence-corrected chi connectivity index (χ3v) is 4.23. The zero-order valence-electron chi connectivity index (χ0n) is 11.5. The summed E-state index contributed by atoms with van der Waals surface area (Å²) in [5, 5.41) is 11.8. The van der Waals surface area contributed by atoms with E-state index in [0.717, 1.165) is 18.4 Å². The average molecular weight is 306 g/mol. The van der Waals surface area contributed by atoms with E-state index in [1.54, 1.807) is 12.1 Å². The Hall–Kier alpha value is -1.89. The predicted octanol–water partition coefficient (Wildman–Crippen LogP) is 1.99. The van der Waals surface area contributed by atoms with Crippen molar-refractivity contribution in [3.8, 4) is 11.4 Å². The fourth-order valence-electron chi connectivity index (χ4n) is 1.92. The van der Waals surface area contributed by atoms with E-state index in [1.165, 1.54) is 23.9 Å². The lowest BCUT2D eigenvalue weighted by molar-refractivity contribution is -0.118. The molecule has 0 atom stereocenters.